The minimum Gasteiger partial charge on any atom is -0.344 e. The number of rotatable bonds is 2. The van der Waals surface area contributed by atoms with E-state index in [1.54, 1.807) is 17.0 Å². The number of carbonyl (C=O) groups excluding carboxylic acids is 1. The van der Waals surface area contributed by atoms with Crippen molar-refractivity contribution >= 4 is 23.4 Å². The summed E-state index contributed by atoms with van der Waals surface area (Å²) in [5.41, 5.74) is 2.44. The van der Waals surface area contributed by atoms with E-state index in [4.69, 9.17) is 0 Å². The molecule has 0 aliphatic carbocycles. The van der Waals surface area contributed by atoms with E-state index in [0.29, 0.717) is 18.1 Å². The Hall–Kier alpha value is -2.78. The molecule has 6 heteroatoms. The molecule has 1 saturated heterocycles. The highest BCUT2D eigenvalue weighted by molar-refractivity contribution is 8.03. The molecule has 2 aliphatic heterocycles. The van der Waals surface area contributed by atoms with Crippen LogP contribution in [0.5, 0.6) is 0 Å². The zero-order valence-electron chi connectivity index (χ0n) is 13.9. The number of nitrogens with zero attached hydrogens (tertiary/aromatic N) is 3. The fourth-order valence-electron chi connectivity index (χ4n) is 3.34. The Bertz CT molecular complexity index is 905. The van der Waals surface area contributed by atoms with Crippen LogP contribution in [0.3, 0.4) is 0 Å². The standard InChI is InChI=1S/C20H16FN3OS/c21-15-8-6-14(7-9-15)17-10-19(25)24-12-23(16-4-2-1-3-5-16)13-26-20(24)18(17)11-22/h1-9,17H,10,12-13H2. The summed E-state index contributed by atoms with van der Waals surface area (Å²) in [6.45, 7) is 0.437. The molecule has 2 aromatic carbocycles. The van der Waals surface area contributed by atoms with Crippen LogP contribution in [-0.2, 0) is 4.79 Å². The molecule has 130 valence electrons. The summed E-state index contributed by atoms with van der Waals surface area (Å²) in [6.07, 6.45) is 0.223. The Balaban J connectivity index is 1.67. The van der Waals surface area contributed by atoms with Gasteiger partial charge >= 0.3 is 0 Å². The highest BCUT2D eigenvalue weighted by Gasteiger charge is 2.38. The van der Waals surface area contributed by atoms with Crippen molar-refractivity contribution in [1.82, 2.24) is 4.90 Å². The molecule has 1 fully saturated rings. The lowest BCUT2D eigenvalue weighted by Crippen LogP contribution is -2.47. The van der Waals surface area contributed by atoms with Gasteiger partial charge in [-0.25, -0.2) is 4.39 Å². The number of benzene rings is 2. The highest BCUT2D eigenvalue weighted by atomic mass is 32.2. The lowest BCUT2D eigenvalue weighted by atomic mass is 9.86. The zero-order valence-corrected chi connectivity index (χ0v) is 14.7. The van der Waals surface area contributed by atoms with Crippen LogP contribution in [0, 0.1) is 17.1 Å². The van der Waals surface area contributed by atoms with Gasteiger partial charge in [-0.3, -0.25) is 9.69 Å². The molecule has 2 aromatic rings. The predicted molar refractivity (Wildman–Crippen MR) is 99.5 cm³/mol. The summed E-state index contributed by atoms with van der Waals surface area (Å²) >= 11 is 1.50. The van der Waals surface area contributed by atoms with Crippen LogP contribution in [0.25, 0.3) is 0 Å². The quantitative estimate of drug-likeness (QED) is 0.806. The number of nitriles is 1. The Morgan fingerprint density at radius 3 is 2.54 bits per heavy atom. The van der Waals surface area contributed by atoms with Crippen molar-refractivity contribution in [2.75, 3.05) is 17.4 Å². The minimum atomic E-state index is -0.325. The summed E-state index contributed by atoms with van der Waals surface area (Å²) in [6, 6.07) is 18.3. The number of anilines is 1. The van der Waals surface area contributed by atoms with Crippen LogP contribution in [-0.4, -0.2) is 23.4 Å². The average Bonchev–Trinajstić information content (AvgIpc) is 2.69. The fourth-order valence-corrected chi connectivity index (χ4v) is 4.51. The fraction of sp³-hybridized carbons (Fsp3) is 0.200. The molecule has 2 heterocycles. The Kier molecular flexibility index (Phi) is 4.39. The SMILES string of the molecule is N#CC1=C2SCN(c3ccccc3)CN2C(=O)CC1c1ccc(F)cc1. The molecule has 2 aliphatic rings. The molecule has 4 nitrogen and oxygen atoms in total. The van der Waals surface area contributed by atoms with Crippen molar-refractivity contribution in [2.24, 2.45) is 0 Å². The lowest BCUT2D eigenvalue weighted by Gasteiger charge is -2.42. The van der Waals surface area contributed by atoms with E-state index in [9.17, 15) is 14.4 Å². The lowest BCUT2D eigenvalue weighted by molar-refractivity contribution is -0.129. The number of hydrogen-bond donors (Lipinski definition) is 0. The van der Waals surface area contributed by atoms with Crippen molar-refractivity contribution < 1.29 is 9.18 Å². The predicted octanol–water partition coefficient (Wildman–Crippen LogP) is 4.05. The first-order chi connectivity index (χ1) is 12.7. The second-order valence-electron chi connectivity index (χ2n) is 6.25. The van der Waals surface area contributed by atoms with Crippen LogP contribution in [0.15, 0.2) is 65.2 Å². The second-order valence-corrected chi connectivity index (χ2v) is 7.18. The van der Waals surface area contributed by atoms with Crippen LogP contribution >= 0.6 is 11.8 Å². The number of para-hydroxylation sites is 1. The van der Waals surface area contributed by atoms with Crippen LogP contribution in [0.1, 0.15) is 17.9 Å². The van der Waals surface area contributed by atoms with Crippen LogP contribution in [0.4, 0.5) is 10.1 Å². The topological polar surface area (TPSA) is 47.3 Å². The van der Waals surface area contributed by atoms with Gasteiger partial charge in [-0.05, 0) is 29.8 Å². The molecule has 1 amide bonds. The van der Waals surface area contributed by atoms with E-state index in [0.717, 1.165) is 16.3 Å². The maximum atomic E-state index is 13.2. The molecule has 0 N–H and O–H groups in total. The first-order valence-corrected chi connectivity index (χ1v) is 9.29. The van der Waals surface area contributed by atoms with Crippen molar-refractivity contribution in [3.8, 4) is 6.07 Å². The Morgan fingerprint density at radius 1 is 1.12 bits per heavy atom. The number of halogens is 1. The molecule has 0 bridgehead atoms. The number of hydrogen-bond acceptors (Lipinski definition) is 4. The van der Waals surface area contributed by atoms with Crippen molar-refractivity contribution in [1.29, 1.82) is 5.26 Å². The summed E-state index contributed by atoms with van der Waals surface area (Å²) < 4.78 is 13.2. The van der Waals surface area contributed by atoms with Crippen molar-refractivity contribution in [3.63, 3.8) is 0 Å². The largest absolute Gasteiger partial charge is 0.344 e. The number of thioether (sulfide) groups is 1. The van der Waals surface area contributed by atoms with E-state index >= 15 is 0 Å². The van der Waals surface area contributed by atoms with E-state index in [1.807, 2.05) is 30.3 Å². The highest BCUT2D eigenvalue weighted by Crippen LogP contribution is 2.43. The molecule has 0 spiro atoms. The van der Waals surface area contributed by atoms with Crippen LogP contribution in [0.2, 0.25) is 0 Å². The molecule has 26 heavy (non-hydrogen) atoms. The molecule has 0 radical (unpaired) electrons. The average molecular weight is 365 g/mol. The van der Waals surface area contributed by atoms with Gasteiger partial charge in [0, 0.05) is 18.0 Å². The first kappa shape index (κ1) is 16.7. The summed E-state index contributed by atoms with van der Waals surface area (Å²) in [7, 11) is 0. The smallest absolute Gasteiger partial charge is 0.229 e. The molecule has 1 unspecified atom stereocenters. The molecule has 0 saturated carbocycles. The summed E-state index contributed by atoms with van der Waals surface area (Å²) in [4.78, 5) is 16.6. The maximum absolute atomic E-state index is 13.2. The molecular formula is C20H16FN3OS. The number of fused-ring (bicyclic) bond motifs is 1. The second kappa shape index (κ2) is 6.85. The van der Waals surface area contributed by atoms with Gasteiger partial charge in [0.25, 0.3) is 0 Å². The van der Waals surface area contributed by atoms with Gasteiger partial charge < -0.3 is 4.90 Å². The zero-order chi connectivity index (χ0) is 18.1. The maximum Gasteiger partial charge on any atom is 0.229 e. The van der Waals surface area contributed by atoms with E-state index in [-0.39, 0.29) is 24.1 Å². The van der Waals surface area contributed by atoms with Gasteiger partial charge in [-0.1, -0.05) is 42.1 Å². The van der Waals surface area contributed by atoms with E-state index in [2.05, 4.69) is 11.0 Å². The summed E-state index contributed by atoms with van der Waals surface area (Å²) in [5, 5.41) is 10.5. The molecule has 4 rings (SSSR count). The van der Waals surface area contributed by atoms with E-state index in [1.165, 1.54) is 23.9 Å². The Morgan fingerprint density at radius 2 is 1.85 bits per heavy atom. The molecule has 1 atom stereocenters. The van der Waals surface area contributed by atoms with Gasteiger partial charge in [0.1, 0.15) is 5.82 Å². The van der Waals surface area contributed by atoms with Gasteiger partial charge in [-0.15, -0.1) is 0 Å². The van der Waals surface area contributed by atoms with Crippen LogP contribution < -0.4 is 4.90 Å². The monoisotopic (exact) mass is 365 g/mol. The van der Waals surface area contributed by atoms with Crippen molar-refractivity contribution in [3.05, 3.63) is 76.6 Å². The van der Waals surface area contributed by atoms with Gasteiger partial charge in [-0.2, -0.15) is 5.26 Å². The third kappa shape index (κ3) is 2.95. The third-order valence-corrected chi connectivity index (χ3v) is 5.84. The minimum absolute atomic E-state index is 0.0125. The molecular weight excluding hydrogens is 349 g/mol. The Labute approximate surface area is 155 Å². The molecule has 0 aromatic heterocycles. The third-order valence-electron chi connectivity index (χ3n) is 4.69. The summed E-state index contributed by atoms with van der Waals surface area (Å²) in [5.74, 6) is 0.0237. The van der Waals surface area contributed by atoms with E-state index < -0.39 is 0 Å². The normalized spacial score (nSPS) is 20.0. The number of carbonyl (C=O) groups is 1. The number of amides is 1. The van der Waals surface area contributed by atoms with Crippen molar-refractivity contribution in [2.45, 2.75) is 12.3 Å². The first-order valence-electron chi connectivity index (χ1n) is 8.30. The van der Waals surface area contributed by atoms with Gasteiger partial charge in [0.15, 0.2) is 0 Å². The number of allylic oxidation sites excluding steroid dienone is 1. The van der Waals surface area contributed by atoms with Gasteiger partial charge in [0.05, 0.1) is 29.2 Å². The van der Waals surface area contributed by atoms with Gasteiger partial charge in [0.2, 0.25) is 5.91 Å².